The molecule has 14 heavy (non-hydrogen) atoms. The Bertz CT molecular complexity index is 196. The fourth-order valence-electron chi connectivity index (χ4n) is 1.90. The number of carboxylic acid groups (broad SMARTS) is 1. The molecule has 1 rings (SSSR count). The molecule has 0 aromatic carbocycles. The standard InChI is InChI=1S/C10H19NO3/c1-7(14-2)6-8-4-3-5-9(11-8)10(12)13/h7-9,11H,3-6H2,1-2H3,(H,12,13). The Morgan fingerprint density at radius 1 is 1.64 bits per heavy atom. The van der Waals surface area contributed by atoms with Crippen LogP contribution in [0.1, 0.15) is 32.6 Å². The zero-order valence-corrected chi connectivity index (χ0v) is 8.82. The third-order valence-corrected chi connectivity index (χ3v) is 2.80. The van der Waals surface area contributed by atoms with E-state index in [-0.39, 0.29) is 12.1 Å². The topological polar surface area (TPSA) is 58.6 Å². The van der Waals surface area contributed by atoms with E-state index in [2.05, 4.69) is 5.32 Å². The predicted molar refractivity (Wildman–Crippen MR) is 53.3 cm³/mol. The maximum absolute atomic E-state index is 10.8. The minimum absolute atomic E-state index is 0.194. The molecule has 0 aliphatic carbocycles. The number of rotatable bonds is 4. The Kier molecular flexibility index (Phi) is 4.35. The van der Waals surface area contributed by atoms with Gasteiger partial charge >= 0.3 is 5.97 Å². The number of carboxylic acids is 1. The Hall–Kier alpha value is -0.610. The van der Waals surface area contributed by atoms with Crippen LogP contribution in [0.5, 0.6) is 0 Å². The van der Waals surface area contributed by atoms with Gasteiger partial charge in [0.1, 0.15) is 6.04 Å². The maximum atomic E-state index is 10.8. The minimum atomic E-state index is -0.736. The van der Waals surface area contributed by atoms with Crippen LogP contribution < -0.4 is 5.32 Å². The second-order valence-electron chi connectivity index (χ2n) is 3.97. The molecule has 4 nitrogen and oxygen atoms in total. The van der Waals surface area contributed by atoms with Crippen molar-refractivity contribution in [2.75, 3.05) is 7.11 Å². The van der Waals surface area contributed by atoms with Crippen molar-refractivity contribution in [3.63, 3.8) is 0 Å². The van der Waals surface area contributed by atoms with Gasteiger partial charge in [-0.05, 0) is 32.6 Å². The highest BCUT2D eigenvalue weighted by Crippen LogP contribution is 2.17. The number of hydrogen-bond donors (Lipinski definition) is 2. The van der Waals surface area contributed by atoms with Gasteiger partial charge < -0.3 is 15.2 Å². The van der Waals surface area contributed by atoms with Crippen molar-refractivity contribution in [2.45, 2.75) is 50.8 Å². The van der Waals surface area contributed by atoms with Gasteiger partial charge in [-0.1, -0.05) is 0 Å². The monoisotopic (exact) mass is 201 g/mol. The summed E-state index contributed by atoms with van der Waals surface area (Å²) in [4.78, 5) is 10.8. The molecular formula is C10H19NO3. The van der Waals surface area contributed by atoms with E-state index in [1.54, 1.807) is 7.11 Å². The molecule has 0 aromatic heterocycles. The molecule has 2 N–H and O–H groups in total. The molecule has 0 saturated carbocycles. The van der Waals surface area contributed by atoms with E-state index in [1.807, 2.05) is 6.92 Å². The lowest BCUT2D eigenvalue weighted by molar-refractivity contribution is -0.140. The Labute approximate surface area is 84.6 Å². The molecular weight excluding hydrogens is 182 g/mol. The first kappa shape index (κ1) is 11.5. The third-order valence-electron chi connectivity index (χ3n) is 2.80. The highest BCUT2D eigenvalue weighted by atomic mass is 16.5. The molecule has 1 fully saturated rings. The Balaban J connectivity index is 2.36. The summed E-state index contributed by atoms with van der Waals surface area (Å²) in [6.07, 6.45) is 3.87. The maximum Gasteiger partial charge on any atom is 0.320 e. The van der Waals surface area contributed by atoms with Crippen molar-refractivity contribution in [3.8, 4) is 0 Å². The van der Waals surface area contributed by atoms with Crippen LogP contribution in [0.4, 0.5) is 0 Å². The van der Waals surface area contributed by atoms with Gasteiger partial charge in [-0.15, -0.1) is 0 Å². The van der Waals surface area contributed by atoms with Crippen LogP contribution >= 0.6 is 0 Å². The van der Waals surface area contributed by atoms with Crippen LogP contribution in [0.3, 0.4) is 0 Å². The van der Waals surface area contributed by atoms with E-state index in [0.29, 0.717) is 6.04 Å². The molecule has 4 heteroatoms. The third kappa shape index (κ3) is 3.27. The summed E-state index contributed by atoms with van der Waals surface area (Å²) in [5, 5.41) is 12.0. The highest BCUT2D eigenvalue weighted by molar-refractivity contribution is 5.73. The average molecular weight is 201 g/mol. The number of aliphatic carboxylic acids is 1. The minimum Gasteiger partial charge on any atom is -0.480 e. The Morgan fingerprint density at radius 2 is 2.36 bits per heavy atom. The summed E-state index contributed by atoms with van der Waals surface area (Å²) in [7, 11) is 1.68. The fraction of sp³-hybridized carbons (Fsp3) is 0.900. The van der Waals surface area contributed by atoms with Gasteiger partial charge in [0, 0.05) is 13.2 Å². The zero-order valence-electron chi connectivity index (χ0n) is 8.82. The van der Waals surface area contributed by atoms with Gasteiger partial charge in [-0.2, -0.15) is 0 Å². The molecule has 1 aliphatic rings. The van der Waals surface area contributed by atoms with Gasteiger partial charge in [0.25, 0.3) is 0 Å². The number of nitrogens with one attached hydrogen (secondary N) is 1. The van der Waals surface area contributed by atoms with Gasteiger partial charge in [-0.3, -0.25) is 4.79 Å². The fourth-order valence-corrected chi connectivity index (χ4v) is 1.90. The molecule has 0 amide bonds. The van der Waals surface area contributed by atoms with E-state index >= 15 is 0 Å². The lowest BCUT2D eigenvalue weighted by atomic mass is 9.95. The molecule has 1 aliphatic heterocycles. The molecule has 0 radical (unpaired) electrons. The molecule has 0 aromatic rings. The number of carbonyl (C=O) groups is 1. The first-order valence-corrected chi connectivity index (χ1v) is 5.15. The average Bonchev–Trinajstić information content (AvgIpc) is 2.18. The second-order valence-corrected chi connectivity index (χ2v) is 3.97. The summed E-state index contributed by atoms with van der Waals surface area (Å²) in [6, 6.07) is -0.0717. The first-order chi connectivity index (χ1) is 6.63. The van der Waals surface area contributed by atoms with Crippen LogP contribution in [0.25, 0.3) is 0 Å². The first-order valence-electron chi connectivity index (χ1n) is 5.15. The van der Waals surface area contributed by atoms with Gasteiger partial charge in [-0.25, -0.2) is 0 Å². The Morgan fingerprint density at radius 3 is 2.93 bits per heavy atom. The van der Waals surface area contributed by atoms with Gasteiger partial charge in [0.05, 0.1) is 6.10 Å². The van der Waals surface area contributed by atoms with Crippen molar-refractivity contribution in [1.29, 1.82) is 0 Å². The quantitative estimate of drug-likeness (QED) is 0.712. The number of piperidine rings is 1. The summed E-state index contributed by atoms with van der Waals surface area (Å²) >= 11 is 0. The summed E-state index contributed by atoms with van der Waals surface area (Å²) in [5.74, 6) is -0.736. The number of hydrogen-bond acceptors (Lipinski definition) is 3. The molecule has 82 valence electrons. The van der Waals surface area contributed by atoms with Gasteiger partial charge in [0.15, 0.2) is 0 Å². The molecule has 3 atom stereocenters. The smallest absolute Gasteiger partial charge is 0.320 e. The van der Waals surface area contributed by atoms with Crippen LogP contribution in [0.15, 0.2) is 0 Å². The molecule has 1 heterocycles. The van der Waals surface area contributed by atoms with Crippen molar-refractivity contribution < 1.29 is 14.6 Å². The summed E-state index contributed by atoms with van der Waals surface area (Å²) < 4.78 is 5.16. The van der Waals surface area contributed by atoms with E-state index in [1.165, 1.54) is 0 Å². The predicted octanol–water partition coefficient (Wildman–Crippen LogP) is 1.01. The normalized spacial score (nSPS) is 29.9. The van der Waals surface area contributed by atoms with Crippen LogP contribution in [0.2, 0.25) is 0 Å². The van der Waals surface area contributed by atoms with E-state index in [4.69, 9.17) is 9.84 Å². The van der Waals surface area contributed by atoms with Crippen molar-refractivity contribution >= 4 is 5.97 Å². The van der Waals surface area contributed by atoms with Crippen molar-refractivity contribution in [1.82, 2.24) is 5.32 Å². The van der Waals surface area contributed by atoms with Gasteiger partial charge in [0.2, 0.25) is 0 Å². The SMILES string of the molecule is COC(C)CC1CCCC(C(=O)O)N1. The number of methoxy groups -OCH3 is 1. The largest absolute Gasteiger partial charge is 0.480 e. The van der Waals surface area contributed by atoms with E-state index < -0.39 is 5.97 Å². The second kappa shape index (κ2) is 5.32. The van der Waals surface area contributed by atoms with Crippen LogP contribution in [-0.4, -0.2) is 36.4 Å². The van der Waals surface area contributed by atoms with Crippen LogP contribution in [0, 0.1) is 0 Å². The van der Waals surface area contributed by atoms with Crippen molar-refractivity contribution in [2.24, 2.45) is 0 Å². The summed E-state index contributed by atoms with van der Waals surface area (Å²) in [5.41, 5.74) is 0. The summed E-state index contributed by atoms with van der Waals surface area (Å²) in [6.45, 7) is 2.01. The molecule has 0 bridgehead atoms. The molecule has 1 saturated heterocycles. The molecule has 0 spiro atoms. The van der Waals surface area contributed by atoms with E-state index in [0.717, 1.165) is 25.7 Å². The lowest BCUT2D eigenvalue weighted by Crippen LogP contribution is -2.47. The van der Waals surface area contributed by atoms with E-state index in [9.17, 15) is 4.79 Å². The highest BCUT2D eigenvalue weighted by Gasteiger charge is 2.26. The molecule has 3 unspecified atom stereocenters. The van der Waals surface area contributed by atoms with Crippen molar-refractivity contribution in [3.05, 3.63) is 0 Å². The van der Waals surface area contributed by atoms with Crippen LogP contribution in [-0.2, 0) is 9.53 Å². The zero-order chi connectivity index (χ0) is 10.6. The lowest BCUT2D eigenvalue weighted by Gasteiger charge is -2.29. The number of ether oxygens (including phenoxy) is 1.